The van der Waals surface area contributed by atoms with E-state index in [4.69, 9.17) is 10.7 Å². The standard InChI is InChI=1S/C23H30N6S/c1-16(2)17-6-3-4-7-18(17)30-19-14-25-22(29-15-26-27-21(19)29)28-12-10-23(11-13-28)9-5-8-20(23)24/h3-4,6-7,14-16,20H,5,8-13,24H2,1-2H3/t20-/m1/s1. The van der Waals surface area contributed by atoms with Gasteiger partial charge < -0.3 is 10.6 Å². The van der Waals surface area contributed by atoms with Crippen LogP contribution in [-0.2, 0) is 0 Å². The predicted molar refractivity (Wildman–Crippen MR) is 121 cm³/mol. The molecule has 2 aliphatic rings. The van der Waals surface area contributed by atoms with Crippen LogP contribution in [-0.4, -0.2) is 38.7 Å². The highest BCUT2D eigenvalue weighted by Gasteiger charge is 2.43. The summed E-state index contributed by atoms with van der Waals surface area (Å²) in [4.78, 5) is 9.53. The molecule has 0 bridgehead atoms. The zero-order chi connectivity index (χ0) is 20.7. The van der Waals surface area contributed by atoms with Crippen LogP contribution in [0.1, 0.15) is 57.4 Å². The lowest BCUT2D eigenvalue weighted by Gasteiger charge is -2.42. The van der Waals surface area contributed by atoms with Crippen molar-refractivity contribution in [3.63, 3.8) is 0 Å². The van der Waals surface area contributed by atoms with Crippen LogP contribution in [0.5, 0.6) is 0 Å². The Morgan fingerprint density at radius 2 is 1.93 bits per heavy atom. The lowest BCUT2D eigenvalue weighted by molar-refractivity contribution is 0.197. The molecule has 158 valence electrons. The lowest BCUT2D eigenvalue weighted by Crippen LogP contribution is -2.47. The Morgan fingerprint density at radius 1 is 1.13 bits per heavy atom. The fourth-order valence-corrected chi connectivity index (χ4v) is 6.34. The van der Waals surface area contributed by atoms with Gasteiger partial charge >= 0.3 is 0 Å². The van der Waals surface area contributed by atoms with E-state index < -0.39 is 0 Å². The second kappa shape index (κ2) is 7.85. The molecule has 30 heavy (non-hydrogen) atoms. The lowest BCUT2D eigenvalue weighted by atomic mass is 9.74. The minimum absolute atomic E-state index is 0.346. The second-order valence-electron chi connectivity index (χ2n) is 9.09. The summed E-state index contributed by atoms with van der Waals surface area (Å²) in [5, 5.41) is 8.65. The van der Waals surface area contributed by atoms with Gasteiger partial charge in [0.15, 0.2) is 5.65 Å². The Balaban J connectivity index is 1.42. The zero-order valence-electron chi connectivity index (χ0n) is 17.8. The van der Waals surface area contributed by atoms with Crippen molar-refractivity contribution in [2.24, 2.45) is 11.1 Å². The van der Waals surface area contributed by atoms with E-state index in [-0.39, 0.29) is 0 Å². The van der Waals surface area contributed by atoms with E-state index in [0.29, 0.717) is 17.4 Å². The minimum atomic E-state index is 0.346. The molecular weight excluding hydrogens is 392 g/mol. The summed E-state index contributed by atoms with van der Waals surface area (Å²) < 4.78 is 2.05. The number of aromatic nitrogens is 4. The van der Waals surface area contributed by atoms with E-state index in [9.17, 15) is 0 Å². The van der Waals surface area contributed by atoms with E-state index in [1.807, 2.05) is 10.6 Å². The fourth-order valence-electron chi connectivity index (χ4n) is 5.20. The molecule has 0 amide bonds. The molecule has 2 N–H and O–H groups in total. The highest BCUT2D eigenvalue weighted by molar-refractivity contribution is 7.99. The number of fused-ring (bicyclic) bond motifs is 1. The number of hydrogen-bond donors (Lipinski definition) is 1. The van der Waals surface area contributed by atoms with Crippen molar-refractivity contribution in [1.82, 2.24) is 19.6 Å². The van der Waals surface area contributed by atoms with Crippen molar-refractivity contribution in [3.8, 4) is 0 Å². The van der Waals surface area contributed by atoms with Crippen LogP contribution in [0.15, 0.2) is 46.6 Å². The third-order valence-corrected chi connectivity index (χ3v) is 8.16. The van der Waals surface area contributed by atoms with Gasteiger partial charge in [-0.1, -0.05) is 50.2 Å². The number of rotatable bonds is 4. The Bertz CT molecular complexity index is 1040. The van der Waals surface area contributed by atoms with Gasteiger partial charge in [-0.25, -0.2) is 9.38 Å². The van der Waals surface area contributed by atoms with Gasteiger partial charge in [-0.05, 0) is 48.6 Å². The second-order valence-corrected chi connectivity index (χ2v) is 10.2. The molecule has 5 rings (SSSR count). The van der Waals surface area contributed by atoms with Crippen LogP contribution < -0.4 is 10.6 Å². The van der Waals surface area contributed by atoms with Gasteiger partial charge in [0.25, 0.3) is 0 Å². The molecule has 3 heterocycles. The molecule has 1 saturated heterocycles. The molecular formula is C23H30N6S. The summed E-state index contributed by atoms with van der Waals surface area (Å²) in [5.41, 5.74) is 9.04. The molecule has 1 atom stereocenters. The van der Waals surface area contributed by atoms with Crippen molar-refractivity contribution < 1.29 is 0 Å². The van der Waals surface area contributed by atoms with Gasteiger partial charge in [-0.15, -0.1) is 10.2 Å². The number of anilines is 1. The van der Waals surface area contributed by atoms with Crippen LogP contribution in [0.25, 0.3) is 5.65 Å². The van der Waals surface area contributed by atoms with E-state index in [2.05, 4.69) is 53.2 Å². The monoisotopic (exact) mass is 422 g/mol. The molecule has 7 heteroatoms. The van der Waals surface area contributed by atoms with Gasteiger partial charge in [-0.3, -0.25) is 0 Å². The van der Waals surface area contributed by atoms with Gasteiger partial charge in [0.2, 0.25) is 5.95 Å². The summed E-state index contributed by atoms with van der Waals surface area (Å²) in [6.07, 6.45) is 9.79. The summed E-state index contributed by atoms with van der Waals surface area (Å²) in [7, 11) is 0. The van der Waals surface area contributed by atoms with Crippen molar-refractivity contribution in [3.05, 3.63) is 42.4 Å². The Hall–Kier alpha value is -2.12. The largest absolute Gasteiger partial charge is 0.342 e. The highest BCUT2D eigenvalue weighted by atomic mass is 32.2. The predicted octanol–water partition coefficient (Wildman–Crippen LogP) is 4.50. The zero-order valence-corrected chi connectivity index (χ0v) is 18.6. The molecule has 1 aliphatic heterocycles. The first-order chi connectivity index (χ1) is 14.6. The molecule has 1 saturated carbocycles. The average molecular weight is 423 g/mol. The molecule has 1 spiro atoms. The Kier molecular flexibility index (Phi) is 5.19. The third-order valence-electron chi connectivity index (χ3n) is 7.06. The molecule has 0 radical (unpaired) electrons. The topological polar surface area (TPSA) is 72.3 Å². The normalized spacial score (nSPS) is 21.2. The van der Waals surface area contributed by atoms with Gasteiger partial charge in [0, 0.05) is 30.2 Å². The summed E-state index contributed by atoms with van der Waals surface area (Å²) in [5.74, 6) is 1.41. The van der Waals surface area contributed by atoms with Crippen LogP contribution in [0.3, 0.4) is 0 Å². The third kappa shape index (κ3) is 3.38. The number of hydrogen-bond acceptors (Lipinski definition) is 6. The Morgan fingerprint density at radius 3 is 2.67 bits per heavy atom. The van der Waals surface area contributed by atoms with E-state index >= 15 is 0 Å². The first-order valence-corrected chi connectivity index (χ1v) is 11.9. The molecule has 0 unspecified atom stereocenters. The molecule has 2 fully saturated rings. The Labute approximate surface area is 182 Å². The average Bonchev–Trinajstić information content (AvgIpc) is 3.37. The highest BCUT2D eigenvalue weighted by Crippen LogP contribution is 2.46. The number of benzene rings is 1. The molecule has 1 aromatic carbocycles. The van der Waals surface area contributed by atoms with Crippen molar-refractivity contribution in [2.75, 3.05) is 18.0 Å². The molecule has 2 aromatic heterocycles. The number of nitrogens with zero attached hydrogens (tertiary/aromatic N) is 5. The van der Waals surface area contributed by atoms with Crippen molar-refractivity contribution in [1.29, 1.82) is 0 Å². The fraction of sp³-hybridized carbons (Fsp3) is 0.522. The molecule has 3 aromatic rings. The SMILES string of the molecule is CC(C)c1ccccc1Sc1cnc(N2CCC3(CCC[C@H]3N)CC2)n2cnnc12. The maximum absolute atomic E-state index is 6.47. The van der Waals surface area contributed by atoms with Gasteiger partial charge in [-0.2, -0.15) is 0 Å². The van der Waals surface area contributed by atoms with Crippen LogP contribution in [0.2, 0.25) is 0 Å². The van der Waals surface area contributed by atoms with Crippen LogP contribution in [0, 0.1) is 5.41 Å². The smallest absolute Gasteiger partial charge is 0.212 e. The van der Waals surface area contributed by atoms with Crippen LogP contribution >= 0.6 is 11.8 Å². The van der Waals surface area contributed by atoms with Crippen LogP contribution in [0.4, 0.5) is 5.95 Å². The van der Waals surface area contributed by atoms with Gasteiger partial charge in [0.1, 0.15) is 6.33 Å². The molecule has 6 nitrogen and oxygen atoms in total. The summed E-state index contributed by atoms with van der Waals surface area (Å²) >= 11 is 1.73. The maximum atomic E-state index is 6.47. The van der Waals surface area contributed by atoms with E-state index in [1.165, 1.54) is 29.7 Å². The van der Waals surface area contributed by atoms with E-state index in [0.717, 1.165) is 42.4 Å². The number of piperidine rings is 1. The van der Waals surface area contributed by atoms with Crippen molar-refractivity contribution >= 4 is 23.4 Å². The first-order valence-electron chi connectivity index (χ1n) is 11.0. The summed E-state index contributed by atoms with van der Waals surface area (Å²) in [6.45, 7) is 6.45. The minimum Gasteiger partial charge on any atom is -0.342 e. The molecule has 1 aliphatic carbocycles. The van der Waals surface area contributed by atoms with Crippen molar-refractivity contribution in [2.45, 2.75) is 67.7 Å². The number of nitrogens with two attached hydrogens (primary N) is 1. The van der Waals surface area contributed by atoms with E-state index in [1.54, 1.807) is 18.1 Å². The quantitative estimate of drug-likeness (QED) is 0.668. The summed E-state index contributed by atoms with van der Waals surface area (Å²) in [6, 6.07) is 8.94. The maximum Gasteiger partial charge on any atom is 0.212 e. The first kappa shape index (κ1) is 19.8. The van der Waals surface area contributed by atoms with Gasteiger partial charge in [0.05, 0.1) is 4.90 Å².